The number of carbonyl (C=O) groups is 1. The van der Waals surface area contributed by atoms with Crippen LogP contribution >= 0.6 is 12.4 Å². The summed E-state index contributed by atoms with van der Waals surface area (Å²) in [5, 5.41) is 2.87. The van der Waals surface area contributed by atoms with Gasteiger partial charge in [-0.2, -0.15) is 0 Å². The largest absolute Gasteiger partial charge is 0.356 e. The molecule has 5 nitrogen and oxygen atoms in total. The van der Waals surface area contributed by atoms with E-state index in [-0.39, 0.29) is 29.5 Å². The lowest BCUT2D eigenvalue weighted by atomic mass is 10.1. The first kappa shape index (κ1) is 19.7. The summed E-state index contributed by atoms with van der Waals surface area (Å²) in [5.41, 5.74) is 5.22. The SMILES string of the molecule is CS(=O)(=O)CC1(CNC(=O)CCCCCCN)CC1.Cl. The maximum absolute atomic E-state index is 11.6. The first-order chi connectivity index (χ1) is 8.87. The van der Waals surface area contributed by atoms with Gasteiger partial charge in [-0.25, -0.2) is 8.42 Å². The van der Waals surface area contributed by atoms with Crippen molar-refractivity contribution >= 4 is 28.2 Å². The molecule has 20 heavy (non-hydrogen) atoms. The number of rotatable bonds is 10. The molecule has 0 aliphatic heterocycles. The number of carbonyl (C=O) groups excluding carboxylic acids is 1. The zero-order valence-electron chi connectivity index (χ0n) is 12.2. The molecule has 0 saturated heterocycles. The van der Waals surface area contributed by atoms with Crippen LogP contribution in [0.15, 0.2) is 0 Å². The minimum absolute atomic E-state index is 0. The average Bonchev–Trinajstić information content (AvgIpc) is 3.04. The van der Waals surface area contributed by atoms with Gasteiger partial charge in [0.2, 0.25) is 5.91 Å². The van der Waals surface area contributed by atoms with E-state index in [1.165, 1.54) is 6.26 Å². The number of hydrogen-bond acceptors (Lipinski definition) is 4. The molecule has 0 aromatic carbocycles. The van der Waals surface area contributed by atoms with Crippen molar-refractivity contribution in [1.29, 1.82) is 0 Å². The van der Waals surface area contributed by atoms with Gasteiger partial charge in [0.05, 0.1) is 5.75 Å². The zero-order valence-corrected chi connectivity index (χ0v) is 13.8. The van der Waals surface area contributed by atoms with Crippen LogP contribution in [0.4, 0.5) is 0 Å². The highest BCUT2D eigenvalue weighted by molar-refractivity contribution is 7.90. The van der Waals surface area contributed by atoms with E-state index >= 15 is 0 Å². The van der Waals surface area contributed by atoms with Crippen molar-refractivity contribution in [2.45, 2.75) is 44.9 Å². The lowest BCUT2D eigenvalue weighted by Gasteiger charge is -2.14. The fourth-order valence-corrected chi connectivity index (χ4v) is 3.77. The molecular formula is C13H27ClN2O3S. The molecule has 3 N–H and O–H groups in total. The summed E-state index contributed by atoms with van der Waals surface area (Å²) in [6, 6.07) is 0. The summed E-state index contributed by atoms with van der Waals surface area (Å²) in [6.45, 7) is 1.21. The van der Waals surface area contributed by atoms with Crippen LogP contribution in [0, 0.1) is 5.41 Å². The van der Waals surface area contributed by atoms with Crippen LogP contribution in [0.5, 0.6) is 0 Å². The van der Waals surface area contributed by atoms with Gasteiger partial charge in [0.1, 0.15) is 9.84 Å². The molecule has 1 saturated carbocycles. The summed E-state index contributed by atoms with van der Waals surface area (Å²) in [7, 11) is -2.96. The number of sulfone groups is 1. The second kappa shape index (κ2) is 8.85. The second-order valence-corrected chi connectivity index (χ2v) is 7.94. The molecule has 1 aliphatic rings. The molecule has 1 aliphatic carbocycles. The molecule has 0 bridgehead atoms. The van der Waals surface area contributed by atoms with Crippen LogP contribution in [0.2, 0.25) is 0 Å². The highest BCUT2D eigenvalue weighted by Crippen LogP contribution is 2.46. The number of hydrogen-bond donors (Lipinski definition) is 2. The summed E-state index contributed by atoms with van der Waals surface area (Å²) < 4.78 is 22.6. The zero-order chi connectivity index (χ0) is 14.4. The van der Waals surface area contributed by atoms with Crippen LogP contribution in [-0.2, 0) is 14.6 Å². The summed E-state index contributed by atoms with van der Waals surface area (Å²) in [4.78, 5) is 11.6. The van der Waals surface area contributed by atoms with Crippen molar-refractivity contribution in [2.75, 3.05) is 25.1 Å². The fourth-order valence-electron chi connectivity index (χ4n) is 2.26. The second-order valence-electron chi connectivity index (χ2n) is 5.80. The lowest BCUT2D eigenvalue weighted by molar-refractivity contribution is -0.121. The van der Waals surface area contributed by atoms with Gasteiger partial charge in [0, 0.05) is 24.6 Å². The predicted octanol–water partition coefficient (Wildman–Crippen LogP) is 1.26. The van der Waals surface area contributed by atoms with Gasteiger partial charge >= 0.3 is 0 Å². The minimum Gasteiger partial charge on any atom is -0.356 e. The molecule has 0 unspecified atom stereocenters. The fraction of sp³-hybridized carbons (Fsp3) is 0.923. The molecule has 0 aromatic heterocycles. The number of amides is 1. The molecule has 120 valence electrons. The standard InChI is InChI=1S/C13H26N2O3S.ClH/c1-19(17,18)11-13(7-8-13)10-15-12(16)6-4-2-3-5-9-14;/h2-11,14H2,1H3,(H,15,16);1H. The normalized spacial score (nSPS) is 16.3. The third-order valence-corrected chi connectivity index (χ3v) is 4.68. The molecule has 1 fully saturated rings. The molecule has 0 radical (unpaired) electrons. The molecule has 0 spiro atoms. The van der Waals surface area contributed by atoms with E-state index in [1.807, 2.05) is 0 Å². The summed E-state index contributed by atoms with van der Waals surface area (Å²) in [5.74, 6) is 0.226. The Morgan fingerprint density at radius 2 is 1.80 bits per heavy atom. The van der Waals surface area contributed by atoms with E-state index in [2.05, 4.69) is 5.32 Å². The Labute approximate surface area is 128 Å². The Balaban J connectivity index is 0.00000361. The molecular weight excluding hydrogens is 300 g/mol. The number of nitrogens with one attached hydrogen (secondary N) is 1. The van der Waals surface area contributed by atoms with E-state index in [0.717, 1.165) is 38.5 Å². The molecule has 0 heterocycles. The van der Waals surface area contributed by atoms with Crippen molar-refractivity contribution < 1.29 is 13.2 Å². The van der Waals surface area contributed by atoms with E-state index in [0.29, 0.717) is 19.5 Å². The first-order valence-electron chi connectivity index (χ1n) is 7.01. The maximum Gasteiger partial charge on any atom is 0.220 e. The topological polar surface area (TPSA) is 89.3 Å². The Morgan fingerprint density at radius 1 is 1.20 bits per heavy atom. The van der Waals surface area contributed by atoms with Gasteiger partial charge in [-0.15, -0.1) is 12.4 Å². The Hall–Kier alpha value is -0.330. The minimum atomic E-state index is -2.96. The van der Waals surface area contributed by atoms with E-state index in [9.17, 15) is 13.2 Å². The van der Waals surface area contributed by atoms with Crippen LogP contribution in [-0.4, -0.2) is 39.4 Å². The van der Waals surface area contributed by atoms with Gasteiger partial charge in [0.15, 0.2) is 0 Å². The Morgan fingerprint density at radius 3 is 2.30 bits per heavy atom. The van der Waals surface area contributed by atoms with Crippen LogP contribution in [0.25, 0.3) is 0 Å². The van der Waals surface area contributed by atoms with Gasteiger partial charge in [-0.1, -0.05) is 12.8 Å². The molecule has 7 heteroatoms. The van der Waals surface area contributed by atoms with E-state index in [1.54, 1.807) is 0 Å². The number of nitrogens with two attached hydrogens (primary N) is 1. The summed E-state index contributed by atoms with van der Waals surface area (Å²) in [6.07, 6.45) is 7.57. The Kier molecular flexibility index (Phi) is 8.70. The third kappa shape index (κ3) is 8.76. The molecule has 1 rings (SSSR count). The van der Waals surface area contributed by atoms with Gasteiger partial charge in [0.25, 0.3) is 0 Å². The van der Waals surface area contributed by atoms with E-state index in [4.69, 9.17) is 5.73 Å². The van der Waals surface area contributed by atoms with Crippen molar-refractivity contribution in [3.8, 4) is 0 Å². The monoisotopic (exact) mass is 326 g/mol. The smallest absolute Gasteiger partial charge is 0.220 e. The lowest BCUT2D eigenvalue weighted by Crippen LogP contribution is -2.33. The van der Waals surface area contributed by atoms with Crippen molar-refractivity contribution in [3.63, 3.8) is 0 Å². The van der Waals surface area contributed by atoms with Crippen LogP contribution in [0.3, 0.4) is 0 Å². The van der Waals surface area contributed by atoms with Crippen molar-refractivity contribution in [2.24, 2.45) is 11.1 Å². The van der Waals surface area contributed by atoms with Crippen molar-refractivity contribution in [1.82, 2.24) is 5.32 Å². The quantitative estimate of drug-likeness (QED) is 0.591. The molecule has 1 amide bonds. The highest BCUT2D eigenvalue weighted by atomic mass is 35.5. The van der Waals surface area contributed by atoms with Gasteiger partial charge in [-0.3, -0.25) is 4.79 Å². The molecule has 0 atom stereocenters. The Bertz CT molecular complexity index is 394. The highest BCUT2D eigenvalue weighted by Gasteiger charge is 2.45. The summed E-state index contributed by atoms with van der Waals surface area (Å²) >= 11 is 0. The van der Waals surface area contributed by atoms with Gasteiger partial charge < -0.3 is 11.1 Å². The predicted molar refractivity (Wildman–Crippen MR) is 83.8 cm³/mol. The van der Waals surface area contributed by atoms with Crippen LogP contribution < -0.4 is 11.1 Å². The van der Waals surface area contributed by atoms with Crippen molar-refractivity contribution in [3.05, 3.63) is 0 Å². The van der Waals surface area contributed by atoms with Crippen LogP contribution in [0.1, 0.15) is 44.9 Å². The molecule has 0 aromatic rings. The van der Waals surface area contributed by atoms with E-state index < -0.39 is 9.84 Å². The average molecular weight is 327 g/mol. The number of unbranched alkanes of at least 4 members (excludes halogenated alkanes) is 3. The first-order valence-corrected chi connectivity index (χ1v) is 9.07. The third-order valence-electron chi connectivity index (χ3n) is 3.54. The van der Waals surface area contributed by atoms with Gasteiger partial charge in [-0.05, 0) is 32.2 Å². The number of halogens is 1. The maximum atomic E-state index is 11.6.